The van der Waals surface area contributed by atoms with E-state index in [0.29, 0.717) is 24.5 Å². The second-order valence-electron chi connectivity index (χ2n) is 7.43. The molecule has 1 atom stereocenters. The lowest BCUT2D eigenvalue weighted by Crippen LogP contribution is -2.49. The molecule has 0 aliphatic rings. The third-order valence-electron chi connectivity index (χ3n) is 4.58. The summed E-state index contributed by atoms with van der Waals surface area (Å²) in [6.45, 7) is 6.71. The fourth-order valence-corrected chi connectivity index (χ4v) is 2.84. The molecule has 0 aliphatic carbocycles. The molecule has 0 unspecified atom stereocenters. The fraction of sp³-hybridized carbons (Fsp3) is 0.391. The van der Waals surface area contributed by atoms with Crippen LogP contribution in [0.1, 0.15) is 36.7 Å². The van der Waals surface area contributed by atoms with Gasteiger partial charge in [0, 0.05) is 31.9 Å². The van der Waals surface area contributed by atoms with Crippen molar-refractivity contribution >= 4 is 17.5 Å². The Kier molecular flexibility index (Phi) is 8.07. The van der Waals surface area contributed by atoms with Crippen LogP contribution in [0, 0.1) is 5.92 Å². The Morgan fingerprint density at radius 1 is 1.00 bits per heavy atom. The maximum Gasteiger partial charge on any atom is 0.251 e. The highest BCUT2D eigenvalue weighted by Crippen LogP contribution is 2.14. The number of amides is 2. The standard InChI is InChI=1S/C23H31N3O3/c1-6-29-20-13-9-18(10-14-20)22(27)25-21(16(2)3)23(28)24-15-17-7-11-19(12-8-17)26(4)5/h7-14,16,21H,6,15H2,1-5H3,(H,24,28)(H,25,27)/t21-/m0/s1. The lowest BCUT2D eigenvalue weighted by Gasteiger charge is -2.22. The van der Waals surface area contributed by atoms with E-state index in [-0.39, 0.29) is 17.7 Å². The summed E-state index contributed by atoms with van der Waals surface area (Å²) in [5, 5.41) is 5.77. The molecule has 0 fully saturated rings. The summed E-state index contributed by atoms with van der Waals surface area (Å²) in [5.41, 5.74) is 2.60. The highest BCUT2D eigenvalue weighted by Gasteiger charge is 2.24. The molecule has 2 amide bonds. The smallest absolute Gasteiger partial charge is 0.251 e. The van der Waals surface area contributed by atoms with E-state index < -0.39 is 6.04 Å². The van der Waals surface area contributed by atoms with Crippen molar-refractivity contribution in [1.29, 1.82) is 0 Å². The summed E-state index contributed by atoms with van der Waals surface area (Å²) >= 11 is 0. The maximum atomic E-state index is 12.7. The third kappa shape index (κ3) is 6.52. The first-order valence-electron chi connectivity index (χ1n) is 9.89. The first kappa shape index (κ1) is 22.3. The molecule has 156 valence electrons. The lowest BCUT2D eigenvalue weighted by atomic mass is 10.0. The van der Waals surface area contributed by atoms with E-state index in [1.807, 2.05) is 64.0 Å². The molecule has 0 aromatic heterocycles. The molecule has 0 radical (unpaired) electrons. The minimum atomic E-state index is -0.616. The van der Waals surface area contributed by atoms with Gasteiger partial charge >= 0.3 is 0 Å². The van der Waals surface area contributed by atoms with Crippen molar-refractivity contribution in [2.45, 2.75) is 33.4 Å². The van der Waals surface area contributed by atoms with Crippen LogP contribution in [0.5, 0.6) is 5.75 Å². The van der Waals surface area contributed by atoms with Gasteiger partial charge in [-0.05, 0) is 54.8 Å². The highest BCUT2D eigenvalue weighted by atomic mass is 16.5. The average Bonchev–Trinajstić information content (AvgIpc) is 2.71. The van der Waals surface area contributed by atoms with Gasteiger partial charge in [-0.15, -0.1) is 0 Å². The summed E-state index contributed by atoms with van der Waals surface area (Å²) in [6.07, 6.45) is 0. The number of anilines is 1. The van der Waals surface area contributed by atoms with Crippen LogP contribution in [0.25, 0.3) is 0 Å². The Labute approximate surface area is 173 Å². The Bertz CT molecular complexity index is 799. The molecule has 2 rings (SSSR count). The van der Waals surface area contributed by atoms with Crippen molar-refractivity contribution in [3.05, 3.63) is 59.7 Å². The predicted octanol–water partition coefficient (Wildman–Crippen LogP) is 3.22. The predicted molar refractivity (Wildman–Crippen MR) is 116 cm³/mol. The Morgan fingerprint density at radius 2 is 1.62 bits per heavy atom. The van der Waals surface area contributed by atoms with Gasteiger partial charge in [-0.2, -0.15) is 0 Å². The van der Waals surface area contributed by atoms with Crippen LogP contribution in [0.3, 0.4) is 0 Å². The van der Waals surface area contributed by atoms with Crippen molar-refractivity contribution in [1.82, 2.24) is 10.6 Å². The van der Waals surface area contributed by atoms with E-state index in [1.54, 1.807) is 24.3 Å². The van der Waals surface area contributed by atoms with Crippen LogP contribution in [0.2, 0.25) is 0 Å². The normalized spacial score (nSPS) is 11.7. The average molecular weight is 398 g/mol. The number of nitrogens with one attached hydrogen (secondary N) is 2. The molecule has 6 heteroatoms. The summed E-state index contributed by atoms with van der Waals surface area (Å²) in [5.74, 6) is 0.188. The molecular formula is C23H31N3O3. The number of nitrogens with zero attached hydrogens (tertiary/aromatic N) is 1. The van der Waals surface area contributed by atoms with Gasteiger partial charge in [-0.3, -0.25) is 9.59 Å². The molecule has 0 heterocycles. The van der Waals surface area contributed by atoms with Crippen LogP contribution >= 0.6 is 0 Å². The number of carbonyl (C=O) groups excluding carboxylic acids is 2. The summed E-state index contributed by atoms with van der Waals surface area (Å²) in [6, 6.07) is 14.3. The fourth-order valence-electron chi connectivity index (χ4n) is 2.84. The topological polar surface area (TPSA) is 70.7 Å². The zero-order valence-electron chi connectivity index (χ0n) is 17.9. The van der Waals surface area contributed by atoms with Gasteiger partial charge in [0.05, 0.1) is 6.61 Å². The van der Waals surface area contributed by atoms with Crippen LogP contribution < -0.4 is 20.3 Å². The van der Waals surface area contributed by atoms with E-state index in [9.17, 15) is 9.59 Å². The van der Waals surface area contributed by atoms with Gasteiger partial charge in [0.25, 0.3) is 5.91 Å². The van der Waals surface area contributed by atoms with Gasteiger partial charge in [-0.1, -0.05) is 26.0 Å². The van der Waals surface area contributed by atoms with Gasteiger partial charge in [0.1, 0.15) is 11.8 Å². The van der Waals surface area contributed by atoms with E-state index in [1.165, 1.54) is 0 Å². The minimum absolute atomic E-state index is 0.0437. The van der Waals surface area contributed by atoms with Crippen molar-refractivity contribution < 1.29 is 14.3 Å². The molecule has 2 aromatic carbocycles. The summed E-state index contributed by atoms with van der Waals surface area (Å²) in [4.78, 5) is 27.3. The minimum Gasteiger partial charge on any atom is -0.494 e. The number of hydrogen-bond donors (Lipinski definition) is 2. The van der Waals surface area contributed by atoms with Crippen LogP contribution in [0.15, 0.2) is 48.5 Å². The number of ether oxygens (including phenoxy) is 1. The van der Waals surface area contributed by atoms with Gasteiger partial charge in [0.2, 0.25) is 5.91 Å². The molecule has 0 spiro atoms. The molecule has 0 saturated carbocycles. The van der Waals surface area contributed by atoms with Gasteiger partial charge < -0.3 is 20.3 Å². The number of hydrogen-bond acceptors (Lipinski definition) is 4. The number of benzene rings is 2. The van der Waals surface area contributed by atoms with Crippen molar-refractivity contribution in [3.8, 4) is 5.75 Å². The molecule has 0 saturated heterocycles. The monoisotopic (exact) mass is 397 g/mol. The summed E-state index contributed by atoms with van der Waals surface area (Å²) in [7, 11) is 3.97. The van der Waals surface area contributed by atoms with E-state index in [0.717, 1.165) is 11.3 Å². The first-order chi connectivity index (χ1) is 13.8. The first-order valence-corrected chi connectivity index (χ1v) is 9.89. The SMILES string of the molecule is CCOc1ccc(C(=O)N[C@H](C(=O)NCc2ccc(N(C)C)cc2)C(C)C)cc1. The Hall–Kier alpha value is -3.02. The van der Waals surface area contributed by atoms with E-state index in [4.69, 9.17) is 4.74 Å². The third-order valence-corrected chi connectivity index (χ3v) is 4.58. The molecule has 6 nitrogen and oxygen atoms in total. The molecular weight excluding hydrogens is 366 g/mol. The Balaban J connectivity index is 1.96. The molecule has 2 aromatic rings. The van der Waals surface area contributed by atoms with Crippen molar-refractivity contribution in [2.24, 2.45) is 5.92 Å². The van der Waals surface area contributed by atoms with Crippen LogP contribution in [-0.2, 0) is 11.3 Å². The van der Waals surface area contributed by atoms with Gasteiger partial charge in [0.15, 0.2) is 0 Å². The van der Waals surface area contributed by atoms with Crippen molar-refractivity contribution in [3.63, 3.8) is 0 Å². The number of rotatable bonds is 9. The number of carbonyl (C=O) groups is 2. The second-order valence-corrected chi connectivity index (χ2v) is 7.43. The zero-order valence-corrected chi connectivity index (χ0v) is 17.9. The molecule has 0 bridgehead atoms. The lowest BCUT2D eigenvalue weighted by molar-refractivity contribution is -0.124. The molecule has 0 aliphatic heterocycles. The largest absolute Gasteiger partial charge is 0.494 e. The zero-order chi connectivity index (χ0) is 21.4. The highest BCUT2D eigenvalue weighted by molar-refractivity contribution is 5.97. The quantitative estimate of drug-likeness (QED) is 0.682. The van der Waals surface area contributed by atoms with E-state index in [2.05, 4.69) is 10.6 Å². The Morgan fingerprint density at radius 3 is 2.14 bits per heavy atom. The van der Waals surface area contributed by atoms with Crippen LogP contribution in [-0.4, -0.2) is 38.6 Å². The molecule has 2 N–H and O–H groups in total. The van der Waals surface area contributed by atoms with Crippen molar-refractivity contribution in [2.75, 3.05) is 25.6 Å². The van der Waals surface area contributed by atoms with Crippen LogP contribution in [0.4, 0.5) is 5.69 Å². The maximum absolute atomic E-state index is 12.7. The summed E-state index contributed by atoms with van der Waals surface area (Å²) < 4.78 is 5.39. The van der Waals surface area contributed by atoms with Gasteiger partial charge in [-0.25, -0.2) is 0 Å². The second kappa shape index (κ2) is 10.5. The van der Waals surface area contributed by atoms with E-state index >= 15 is 0 Å². The molecule has 29 heavy (non-hydrogen) atoms.